The third-order valence-electron chi connectivity index (χ3n) is 8.96. The molecule has 0 unspecified atom stereocenters. The van der Waals surface area contributed by atoms with Gasteiger partial charge in [0.25, 0.3) is 0 Å². The molecule has 1 aliphatic rings. The Bertz CT molecular complexity index is 1290. The first-order valence-electron chi connectivity index (χ1n) is 15.2. The molecule has 8 nitrogen and oxygen atoms in total. The largest absolute Gasteiger partial charge is 0.496 e. The molecule has 1 saturated carbocycles. The van der Waals surface area contributed by atoms with Crippen LogP contribution in [0.4, 0.5) is 0 Å². The van der Waals surface area contributed by atoms with Crippen molar-refractivity contribution in [2.45, 2.75) is 109 Å². The lowest BCUT2D eigenvalue weighted by Crippen LogP contribution is -2.45. The Balaban J connectivity index is 1.70. The molecular weight excluding hydrogens is 548 g/mol. The maximum atomic E-state index is 9.01. The molecule has 42 heavy (non-hydrogen) atoms. The summed E-state index contributed by atoms with van der Waals surface area (Å²) in [4.78, 5) is 8.39. The van der Waals surface area contributed by atoms with Gasteiger partial charge in [0, 0.05) is 12.0 Å². The number of ether oxygens (including phenoxy) is 4. The van der Waals surface area contributed by atoms with E-state index >= 15 is 0 Å². The summed E-state index contributed by atoms with van der Waals surface area (Å²) in [7, 11) is 1.19. The van der Waals surface area contributed by atoms with Crippen LogP contribution in [0, 0.1) is 6.92 Å². The van der Waals surface area contributed by atoms with Gasteiger partial charge in [-0.2, -0.15) is 0 Å². The van der Waals surface area contributed by atoms with Crippen molar-refractivity contribution in [2.75, 3.05) is 21.0 Å². The van der Waals surface area contributed by atoms with Gasteiger partial charge in [-0.3, -0.25) is 0 Å². The summed E-state index contributed by atoms with van der Waals surface area (Å²) in [5, 5.41) is 9.03. The summed E-state index contributed by atoms with van der Waals surface area (Å²) >= 11 is 0. The third-order valence-corrected chi connectivity index (χ3v) is 13.4. The summed E-state index contributed by atoms with van der Waals surface area (Å²) in [6, 6.07) is 10.2. The predicted octanol–water partition coefficient (Wildman–Crippen LogP) is 7.38. The minimum atomic E-state index is -2.21. The molecule has 0 saturated heterocycles. The topological polar surface area (TPSA) is 95.1 Å². The molecule has 3 aromatic rings. The molecule has 9 heteroatoms. The lowest BCUT2D eigenvalue weighted by molar-refractivity contribution is -0.0746. The highest BCUT2D eigenvalue weighted by atomic mass is 28.4. The van der Waals surface area contributed by atoms with Gasteiger partial charge in [-0.05, 0) is 79.7 Å². The Morgan fingerprint density at radius 2 is 1.71 bits per heavy atom. The van der Waals surface area contributed by atoms with Gasteiger partial charge < -0.3 is 33.5 Å². The summed E-state index contributed by atoms with van der Waals surface area (Å²) in [6.45, 7) is 13.5. The standard InChI is InChI=1S/C33H50N2O6Si/c1-22-29(37-5)18-24(19-30(22)38-6)32(41-42(7,8)33(2,3)4)28(40-25-11-9-10-12-25)15-16-31-34-26-14-13-23(20-39-21-36)17-27(26)35-31/h13-14,17-19,25,28,32,36H,9-12,15-16,20-21H2,1-8H3,(H,34,35)/t28-,32+/m0/s1. The SMILES string of the molecule is COc1cc([C@@H](O[Si](C)(C)C(C)(C)C)[C@H](CCc2nc3cc(COCO)ccc3[nH]2)OC2CCCC2)cc(OC)c1C. The number of rotatable bonds is 14. The van der Waals surface area contributed by atoms with Crippen molar-refractivity contribution in [1.82, 2.24) is 9.97 Å². The molecule has 1 aromatic heterocycles. The smallest absolute Gasteiger partial charge is 0.193 e. The molecule has 232 valence electrons. The number of aryl methyl sites for hydroxylation is 1. The first-order chi connectivity index (χ1) is 20.0. The number of methoxy groups -OCH3 is 2. The Labute approximate surface area is 252 Å². The number of hydrogen-bond acceptors (Lipinski definition) is 7. The van der Waals surface area contributed by atoms with E-state index in [-0.39, 0.29) is 30.1 Å². The lowest BCUT2D eigenvalue weighted by atomic mass is 9.98. The van der Waals surface area contributed by atoms with E-state index in [4.69, 9.17) is 33.5 Å². The zero-order valence-electron chi connectivity index (χ0n) is 26.7. The molecule has 2 atom stereocenters. The fraction of sp³-hybridized carbons (Fsp3) is 0.606. The van der Waals surface area contributed by atoms with E-state index in [0.717, 1.165) is 64.3 Å². The highest BCUT2D eigenvalue weighted by Crippen LogP contribution is 2.44. The van der Waals surface area contributed by atoms with E-state index in [2.05, 4.69) is 51.0 Å². The number of hydrogen-bond donors (Lipinski definition) is 2. The molecule has 0 amide bonds. The van der Waals surface area contributed by atoms with Crippen LogP contribution in [0.2, 0.25) is 18.1 Å². The Morgan fingerprint density at radius 1 is 1.05 bits per heavy atom. The Kier molecular flexibility index (Phi) is 10.8. The number of imidazole rings is 1. The molecule has 1 heterocycles. The van der Waals surface area contributed by atoms with Crippen LogP contribution in [-0.2, 0) is 26.9 Å². The second-order valence-corrected chi connectivity index (χ2v) is 17.7. The van der Waals surface area contributed by atoms with E-state index in [1.165, 1.54) is 12.8 Å². The van der Waals surface area contributed by atoms with Crippen molar-refractivity contribution in [3.05, 3.63) is 52.8 Å². The Hall–Kier alpha value is -2.43. The summed E-state index contributed by atoms with van der Waals surface area (Å²) in [5.41, 5.74) is 4.82. The van der Waals surface area contributed by atoms with E-state index in [1.807, 2.05) is 25.1 Å². The van der Waals surface area contributed by atoms with E-state index in [0.29, 0.717) is 13.0 Å². The van der Waals surface area contributed by atoms with Gasteiger partial charge in [0.05, 0.1) is 50.2 Å². The number of aliphatic hydroxyl groups excluding tert-OH is 1. The number of aromatic nitrogens is 2. The van der Waals surface area contributed by atoms with Crippen molar-refractivity contribution in [2.24, 2.45) is 0 Å². The number of aliphatic hydroxyl groups is 1. The first kappa shape index (κ1) is 32.5. The van der Waals surface area contributed by atoms with Gasteiger partial charge in [-0.1, -0.05) is 39.7 Å². The van der Waals surface area contributed by atoms with Crippen molar-refractivity contribution in [3.8, 4) is 11.5 Å². The Morgan fingerprint density at radius 3 is 2.31 bits per heavy atom. The minimum absolute atomic E-state index is 0.0260. The van der Waals surface area contributed by atoms with Crippen molar-refractivity contribution in [3.63, 3.8) is 0 Å². The van der Waals surface area contributed by atoms with Crippen LogP contribution in [0.1, 0.15) is 81.5 Å². The third kappa shape index (κ3) is 7.74. The van der Waals surface area contributed by atoms with E-state index in [9.17, 15) is 0 Å². The maximum absolute atomic E-state index is 9.01. The monoisotopic (exact) mass is 598 g/mol. The van der Waals surface area contributed by atoms with Gasteiger partial charge in [-0.25, -0.2) is 4.98 Å². The number of nitrogens with zero attached hydrogens (tertiary/aromatic N) is 1. The van der Waals surface area contributed by atoms with Crippen molar-refractivity contribution in [1.29, 1.82) is 0 Å². The van der Waals surface area contributed by atoms with E-state index < -0.39 is 8.32 Å². The van der Waals surface area contributed by atoms with Crippen molar-refractivity contribution >= 4 is 19.4 Å². The number of benzene rings is 2. The van der Waals surface area contributed by atoms with Crippen molar-refractivity contribution < 1.29 is 28.5 Å². The number of H-pyrrole nitrogens is 1. The number of fused-ring (bicyclic) bond motifs is 1. The summed E-state index contributed by atoms with van der Waals surface area (Å²) < 4.78 is 30.9. The highest BCUT2D eigenvalue weighted by Gasteiger charge is 2.42. The van der Waals surface area contributed by atoms with Gasteiger partial charge in [-0.15, -0.1) is 0 Å². The number of aromatic amines is 1. The van der Waals surface area contributed by atoms with Gasteiger partial charge in [0.15, 0.2) is 8.32 Å². The molecule has 2 N–H and O–H groups in total. The van der Waals surface area contributed by atoms with Crippen LogP contribution in [0.3, 0.4) is 0 Å². The molecule has 4 rings (SSSR count). The second-order valence-electron chi connectivity index (χ2n) is 13.0. The molecule has 0 spiro atoms. The van der Waals surface area contributed by atoms with Crippen LogP contribution >= 0.6 is 0 Å². The van der Waals surface area contributed by atoms with Crippen LogP contribution < -0.4 is 9.47 Å². The predicted molar refractivity (Wildman–Crippen MR) is 169 cm³/mol. The fourth-order valence-corrected chi connectivity index (χ4v) is 6.72. The van der Waals surface area contributed by atoms with Crippen LogP contribution in [0.25, 0.3) is 11.0 Å². The quantitative estimate of drug-likeness (QED) is 0.148. The zero-order valence-corrected chi connectivity index (χ0v) is 27.7. The fourth-order valence-electron chi connectivity index (χ4n) is 5.44. The average Bonchev–Trinajstić information content (AvgIpc) is 3.61. The second kappa shape index (κ2) is 13.9. The molecule has 1 aliphatic carbocycles. The van der Waals surface area contributed by atoms with Crippen LogP contribution in [0.5, 0.6) is 11.5 Å². The number of nitrogens with one attached hydrogen (secondary N) is 1. The zero-order chi connectivity index (χ0) is 30.5. The first-order valence-corrected chi connectivity index (χ1v) is 18.1. The van der Waals surface area contributed by atoms with Gasteiger partial charge in [0.1, 0.15) is 24.1 Å². The van der Waals surface area contributed by atoms with Gasteiger partial charge in [0.2, 0.25) is 0 Å². The normalized spacial score (nSPS) is 16.2. The average molecular weight is 599 g/mol. The molecule has 0 bridgehead atoms. The summed E-state index contributed by atoms with van der Waals surface area (Å²) in [5.74, 6) is 2.48. The lowest BCUT2D eigenvalue weighted by Gasteiger charge is -2.42. The van der Waals surface area contributed by atoms with Gasteiger partial charge >= 0.3 is 0 Å². The highest BCUT2D eigenvalue weighted by molar-refractivity contribution is 6.74. The molecule has 0 aliphatic heterocycles. The minimum Gasteiger partial charge on any atom is -0.496 e. The maximum Gasteiger partial charge on any atom is 0.193 e. The molecule has 0 radical (unpaired) electrons. The van der Waals surface area contributed by atoms with E-state index in [1.54, 1.807) is 14.2 Å². The summed E-state index contributed by atoms with van der Waals surface area (Å²) in [6.07, 6.45) is 5.76. The molecule has 2 aromatic carbocycles. The van der Waals surface area contributed by atoms with Crippen LogP contribution in [-0.4, -0.2) is 56.6 Å². The molecule has 1 fully saturated rings. The molecular formula is C33H50N2O6Si. The van der Waals surface area contributed by atoms with Crippen LogP contribution in [0.15, 0.2) is 30.3 Å².